The maximum Gasteiger partial charge on any atom is 0.160 e. The lowest BCUT2D eigenvalue weighted by Gasteiger charge is -2.12. The summed E-state index contributed by atoms with van der Waals surface area (Å²) in [5.41, 5.74) is 8.83. The molecule has 90 valence electrons. The second kappa shape index (κ2) is 4.44. The van der Waals surface area contributed by atoms with Crippen LogP contribution in [0.25, 0.3) is 0 Å². The highest BCUT2D eigenvalue weighted by Crippen LogP contribution is 2.13. The lowest BCUT2D eigenvalue weighted by atomic mass is 10.3. The van der Waals surface area contributed by atoms with Gasteiger partial charge in [-0.2, -0.15) is 10.2 Å². The SMILES string of the molecule is NC1C(=NNc2ccc(F)c(F)c2)C=NN1N. The third-order valence-electron chi connectivity index (χ3n) is 2.15. The number of halogens is 2. The summed E-state index contributed by atoms with van der Waals surface area (Å²) in [5.74, 6) is 3.49. The quantitative estimate of drug-likeness (QED) is 0.508. The number of rotatable bonds is 2. The fourth-order valence-corrected chi connectivity index (χ4v) is 1.20. The standard InChI is InChI=1S/C9H10F2N6/c10-6-2-1-5(3-7(6)11)15-16-8-4-14-17(13)9(8)12/h1-4,9,15H,12-13H2. The number of nitrogens with one attached hydrogen (secondary N) is 1. The summed E-state index contributed by atoms with van der Waals surface area (Å²) >= 11 is 0. The van der Waals surface area contributed by atoms with Crippen molar-refractivity contribution in [3.63, 3.8) is 0 Å². The van der Waals surface area contributed by atoms with Crippen LogP contribution in [0.15, 0.2) is 28.4 Å². The molecule has 1 aromatic carbocycles. The predicted octanol–water partition coefficient (Wildman–Crippen LogP) is 0.193. The van der Waals surface area contributed by atoms with Gasteiger partial charge in [0.15, 0.2) is 17.8 Å². The van der Waals surface area contributed by atoms with E-state index in [1.54, 1.807) is 0 Å². The first-order chi connectivity index (χ1) is 8.08. The Balaban J connectivity index is 2.10. The number of anilines is 1. The van der Waals surface area contributed by atoms with Gasteiger partial charge in [0.05, 0.1) is 11.9 Å². The number of hydrogen-bond donors (Lipinski definition) is 3. The third-order valence-corrected chi connectivity index (χ3v) is 2.15. The molecule has 1 atom stereocenters. The molecule has 0 aromatic heterocycles. The molecule has 1 aliphatic rings. The molecule has 1 aromatic rings. The summed E-state index contributed by atoms with van der Waals surface area (Å²) in [5, 5.41) is 8.61. The summed E-state index contributed by atoms with van der Waals surface area (Å²) in [6.07, 6.45) is 0.713. The zero-order valence-electron chi connectivity index (χ0n) is 8.64. The number of benzene rings is 1. The average Bonchev–Trinajstić information content (AvgIpc) is 2.62. The first-order valence-electron chi connectivity index (χ1n) is 4.70. The van der Waals surface area contributed by atoms with Crippen molar-refractivity contribution in [3.8, 4) is 0 Å². The molecule has 2 rings (SSSR count). The fourth-order valence-electron chi connectivity index (χ4n) is 1.20. The van der Waals surface area contributed by atoms with Gasteiger partial charge in [-0.05, 0) is 12.1 Å². The van der Waals surface area contributed by atoms with Crippen molar-refractivity contribution in [1.29, 1.82) is 0 Å². The van der Waals surface area contributed by atoms with Crippen LogP contribution in [0.3, 0.4) is 0 Å². The van der Waals surface area contributed by atoms with Crippen LogP contribution in [0, 0.1) is 11.6 Å². The Hall–Kier alpha value is -2.06. The molecule has 1 unspecified atom stereocenters. The summed E-state index contributed by atoms with van der Waals surface area (Å²) in [6, 6.07) is 3.33. The van der Waals surface area contributed by atoms with Gasteiger partial charge in [-0.3, -0.25) is 5.43 Å². The van der Waals surface area contributed by atoms with Crippen molar-refractivity contribution in [2.75, 3.05) is 5.43 Å². The molecule has 0 bridgehead atoms. The first kappa shape index (κ1) is 11.4. The summed E-state index contributed by atoms with van der Waals surface area (Å²) in [7, 11) is 0. The van der Waals surface area contributed by atoms with Crippen LogP contribution in [0.2, 0.25) is 0 Å². The van der Waals surface area contributed by atoms with Crippen LogP contribution in [-0.2, 0) is 0 Å². The lowest BCUT2D eigenvalue weighted by molar-refractivity contribution is 0.280. The van der Waals surface area contributed by atoms with Crippen molar-refractivity contribution in [2.24, 2.45) is 21.8 Å². The minimum atomic E-state index is -0.958. The molecule has 0 amide bonds. The number of hydrogen-bond acceptors (Lipinski definition) is 6. The highest BCUT2D eigenvalue weighted by Gasteiger charge is 2.20. The molecule has 0 saturated heterocycles. The average molecular weight is 240 g/mol. The lowest BCUT2D eigenvalue weighted by Crippen LogP contribution is -2.44. The zero-order chi connectivity index (χ0) is 12.4. The minimum absolute atomic E-state index is 0.299. The van der Waals surface area contributed by atoms with E-state index in [1.165, 1.54) is 12.3 Å². The second-order valence-electron chi connectivity index (χ2n) is 3.35. The Labute approximate surface area is 95.5 Å². The number of hydrazine groups is 1. The van der Waals surface area contributed by atoms with Crippen molar-refractivity contribution < 1.29 is 8.78 Å². The van der Waals surface area contributed by atoms with Gasteiger partial charge < -0.3 is 5.73 Å². The Morgan fingerprint density at radius 2 is 2.12 bits per heavy atom. The van der Waals surface area contributed by atoms with Gasteiger partial charge in [0.25, 0.3) is 0 Å². The highest BCUT2D eigenvalue weighted by atomic mass is 19.2. The van der Waals surface area contributed by atoms with Gasteiger partial charge in [0.1, 0.15) is 5.71 Å². The molecule has 0 spiro atoms. The third kappa shape index (κ3) is 2.37. The van der Waals surface area contributed by atoms with Crippen LogP contribution >= 0.6 is 0 Å². The zero-order valence-corrected chi connectivity index (χ0v) is 8.64. The maximum absolute atomic E-state index is 12.9. The largest absolute Gasteiger partial charge is 0.303 e. The second-order valence-corrected chi connectivity index (χ2v) is 3.35. The van der Waals surface area contributed by atoms with Crippen LogP contribution in [0.1, 0.15) is 0 Å². The highest BCUT2D eigenvalue weighted by molar-refractivity contribution is 6.34. The molecule has 8 heteroatoms. The monoisotopic (exact) mass is 240 g/mol. The minimum Gasteiger partial charge on any atom is -0.303 e. The van der Waals surface area contributed by atoms with Gasteiger partial charge in [-0.15, -0.1) is 0 Å². The normalized spacial score (nSPS) is 21.3. The summed E-state index contributed by atoms with van der Waals surface area (Å²) in [4.78, 5) is 0. The van der Waals surface area contributed by atoms with E-state index in [0.717, 1.165) is 17.3 Å². The van der Waals surface area contributed by atoms with E-state index in [9.17, 15) is 8.78 Å². The van der Waals surface area contributed by atoms with Crippen LogP contribution < -0.4 is 17.0 Å². The topological polar surface area (TPSA) is 92.0 Å². The molecule has 6 nitrogen and oxygen atoms in total. The summed E-state index contributed by atoms with van der Waals surface area (Å²) in [6.45, 7) is 0. The fraction of sp³-hybridized carbons (Fsp3) is 0.111. The molecule has 1 aliphatic heterocycles. The predicted molar refractivity (Wildman–Crippen MR) is 59.9 cm³/mol. The maximum atomic E-state index is 12.9. The Bertz CT molecular complexity index is 486. The van der Waals surface area contributed by atoms with Gasteiger partial charge in [0, 0.05) is 6.07 Å². The van der Waals surface area contributed by atoms with Crippen molar-refractivity contribution in [3.05, 3.63) is 29.8 Å². The molecule has 0 saturated carbocycles. The van der Waals surface area contributed by atoms with Crippen molar-refractivity contribution >= 4 is 17.6 Å². The molecule has 0 radical (unpaired) electrons. The smallest absolute Gasteiger partial charge is 0.160 e. The van der Waals surface area contributed by atoms with E-state index in [2.05, 4.69) is 15.6 Å². The van der Waals surface area contributed by atoms with Crippen LogP contribution in [-0.4, -0.2) is 23.2 Å². The molecule has 0 aliphatic carbocycles. The van der Waals surface area contributed by atoms with Crippen molar-refractivity contribution in [1.82, 2.24) is 5.12 Å². The Morgan fingerprint density at radius 3 is 2.71 bits per heavy atom. The number of nitrogens with two attached hydrogens (primary N) is 2. The van der Waals surface area contributed by atoms with Gasteiger partial charge in [-0.1, -0.05) is 0 Å². The molecular weight excluding hydrogens is 230 g/mol. The Morgan fingerprint density at radius 1 is 1.35 bits per heavy atom. The van der Waals surface area contributed by atoms with Gasteiger partial charge in [-0.25, -0.2) is 19.7 Å². The molecule has 1 heterocycles. The molecular formula is C9H10F2N6. The molecule has 0 fully saturated rings. The van der Waals surface area contributed by atoms with E-state index in [0.29, 0.717) is 11.4 Å². The van der Waals surface area contributed by atoms with E-state index in [-0.39, 0.29) is 0 Å². The number of nitrogens with zero attached hydrogens (tertiary/aromatic N) is 3. The summed E-state index contributed by atoms with van der Waals surface area (Å²) < 4.78 is 25.5. The first-order valence-corrected chi connectivity index (χ1v) is 4.70. The van der Waals surface area contributed by atoms with Gasteiger partial charge >= 0.3 is 0 Å². The van der Waals surface area contributed by atoms with E-state index in [4.69, 9.17) is 11.6 Å². The van der Waals surface area contributed by atoms with Crippen LogP contribution in [0.5, 0.6) is 0 Å². The number of hydrazone groups is 2. The van der Waals surface area contributed by atoms with E-state index >= 15 is 0 Å². The van der Waals surface area contributed by atoms with Crippen molar-refractivity contribution in [2.45, 2.75) is 6.17 Å². The van der Waals surface area contributed by atoms with E-state index < -0.39 is 17.8 Å². The van der Waals surface area contributed by atoms with Gasteiger partial charge in [0.2, 0.25) is 0 Å². The Kier molecular flexibility index (Phi) is 2.98. The van der Waals surface area contributed by atoms with E-state index in [1.807, 2.05) is 0 Å². The molecule has 17 heavy (non-hydrogen) atoms. The molecule has 5 N–H and O–H groups in total. The van der Waals surface area contributed by atoms with Crippen LogP contribution in [0.4, 0.5) is 14.5 Å².